The van der Waals surface area contributed by atoms with Gasteiger partial charge in [-0.25, -0.2) is 17.6 Å². The second-order valence-corrected chi connectivity index (χ2v) is 11.2. The summed E-state index contributed by atoms with van der Waals surface area (Å²) in [4.78, 5) is 0. The van der Waals surface area contributed by atoms with Crippen LogP contribution < -0.4 is 0 Å². The largest absolute Gasteiger partial charge is 0.244 e. The Kier molecular flexibility index (Phi) is 11.7. The topological polar surface area (TPSA) is 0 Å². The van der Waals surface area contributed by atoms with Gasteiger partial charge in [-0.2, -0.15) is 0 Å². The predicted octanol–water partition coefficient (Wildman–Crippen LogP) is 8.78. The number of alkyl halides is 4. The highest BCUT2D eigenvalue weighted by molar-refractivity contribution is 4.89. The lowest BCUT2D eigenvalue weighted by atomic mass is 9.69. The van der Waals surface area contributed by atoms with Crippen molar-refractivity contribution in [3.63, 3.8) is 0 Å². The summed E-state index contributed by atoms with van der Waals surface area (Å²) in [6.45, 7) is 14.9. The minimum absolute atomic E-state index is 0.181. The van der Waals surface area contributed by atoms with Crippen molar-refractivity contribution in [1.82, 2.24) is 0 Å². The SMILES string of the molecule is CC(C)CCC(C)C1CCC(C(C)C(F)C(F)C(C)C(C)C(F)C(F)C(C)C)CC1. The van der Waals surface area contributed by atoms with Crippen LogP contribution in [0.4, 0.5) is 17.6 Å². The molecule has 0 spiro atoms. The molecule has 0 N–H and O–H groups in total. The van der Waals surface area contributed by atoms with E-state index in [1.165, 1.54) is 26.7 Å². The average molecular weight is 437 g/mol. The van der Waals surface area contributed by atoms with Gasteiger partial charge in [0.1, 0.15) is 24.7 Å². The van der Waals surface area contributed by atoms with E-state index >= 15 is 4.39 Å². The fourth-order valence-corrected chi connectivity index (χ4v) is 5.15. The molecule has 0 aromatic rings. The molecule has 0 nitrogen and oxygen atoms in total. The maximum absolute atomic E-state index is 15.1. The Morgan fingerprint density at radius 1 is 0.567 bits per heavy atom. The first-order valence-corrected chi connectivity index (χ1v) is 12.4. The van der Waals surface area contributed by atoms with Gasteiger partial charge in [0.15, 0.2) is 0 Å². The van der Waals surface area contributed by atoms with Crippen molar-refractivity contribution in [1.29, 1.82) is 0 Å². The van der Waals surface area contributed by atoms with E-state index in [2.05, 4.69) is 20.8 Å². The molecule has 0 aliphatic heterocycles. The molecule has 1 rings (SSSR count). The lowest BCUT2D eigenvalue weighted by molar-refractivity contribution is -0.00604. The summed E-state index contributed by atoms with van der Waals surface area (Å²) in [5.74, 6) is -0.260. The summed E-state index contributed by atoms with van der Waals surface area (Å²) in [5.41, 5.74) is 0. The van der Waals surface area contributed by atoms with Crippen LogP contribution in [0.15, 0.2) is 0 Å². The van der Waals surface area contributed by atoms with Gasteiger partial charge in [-0.15, -0.1) is 0 Å². The van der Waals surface area contributed by atoms with Gasteiger partial charge in [0.2, 0.25) is 0 Å². The maximum Gasteiger partial charge on any atom is 0.134 e. The van der Waals surface area contributed by atoms with E-state index in [0.717, 1.165) is 31.6 Å². The van der Waals surface area contributed by atoms with Gasteiger partial charge < -0.3 is 0 Å². The Morgan fingerprint density at radius 2 is 1.00 bits per heavy atom. The molecule has 1 saturated carbocycles. The van der Waals surface area contributed by atoms with Crippen molar-refractivity contribution in [3.8, 4) is 0 Å². The summed E-state index contributed by atoms with van der Waals surface area (Å²) in [6.07, 6.45) is -0.213. The third-order valence-corrected chi connectivity index (χ3v) is 8.15. The Balaban J connectivity index is 2.58. The Morgan fingerprint density at radius 3 is 1.43 bits per heavy atom. The van der Waals surface area contributed by atoms with Gasteiger partial charge in [-0.05, 0) is 73.0 Å². The van der Waals surface area contributed by atoms with Gasteiger partial charge in [-0.3, -0.25) is 0 Å². The zero-order valence-electron chi connectivity index (χ0n) is 20.7. The first kappa shape index (κ1) is 27.8. The monoisotopic (exact) mass is 436 g/mol. The normalized spacial score (nSPS) is 28.6. The molecular formula is C26H48F4. The zero-order valence-corrected chi connectivity index (χ0v) is 20.7. The molecule has 1 fully saturated rings. The van der Waals surface area contributed by atoms with Gasteiger partial charge in [-0.1, -0.05) is 68.2 Å². The molecule has 0 aromatic carbocycles. The van der Waals surface area contributed by atoms with Crippen LogP contribution in [0.5, 0.6) is 0 Å². The van der Waals surface area contributed by atoms with Crippen molar-refractivity contribution in [2.24, 2.45) is 47.3 Å². The Labute approximate surface area is 184 Å². The first-order chi connectivity index (χ1) is 13.9. The molecular weight excluding hydrogens is 388 g/mol. The van der Waals surface area contributed by atoms with E-state index < -0.39 is 42.4 Å². The van der Waals surface area contributed by atoms with Crippen LogP contribution in [0.25, 0.3) is 0 Å². The van der Waals surface area contributed by atoms with Gasteiger partial charge in [0, 0.05) is 0 Å². The highest BCUT2D eigenvalue weighted by atomic mass is 19.2. The van der Waals surface area contributed by atoms with Crippen molar-refractivity contribution in [2.75, 3.05) is 0 Å². The molecule has 1 aliphatic rings. The molecule has 1 aliphatic carbocycles. The number of halogens is 4. The molecule has 30 heavy (non-hydrogen) atoms. The molecule has 180 valence electrons. The fraction of sp³-hybridized carbons (Fsp3) is 1.00. The van der Waals surface area contributed by atoms with E-state index in [4.69, 9.17) is 0 Å². The van der Waals surface area contributed by atoms with Gasteiger partial charge in [0.05, 0.1) is 0 Å². The summed E-state index contributed by atoms with van der Waals surface area (Å²) in [5, 5.41) is 0. The third-order valence-electron chi connectivity index (χ3n) is 8.15. The van der Waals surface area contributed by atoms with E-state index in [1.807, 2.05) is 0 Å². The highest BCUT2D eigenvalue weighted by Gasteiger charge is 2.41. The molecule has 0 amide bonds. The lowest BCUT2D eigenvalue weighted by Crippen LogP contribution is -2.41. The van der Waals surface area contributed by atoms with Crippen LogP contribution >= 0.6 is 0 Å². The Hall–Kier alpha value is -0.280. The maximum atomic E-state index is 15.1. The summed E-state index contributed by atoms with van der Waals surface area (Å²) >= 11 is 0. The van der Waals surface area contributed by atoms with Crippen molar-refractivity contribution in [2.45, 2.75) is 119 Å². The molecule has 0 radical (unpaired) electrons. The van der Waals surface area contributed by atoms with Crippen molar-refractivity contribution in [3.05, 3.63) is 0 Å². The fourth-order valence-electron chi connectivity index (χ4n) is 5.15. The lowest BCUT2D eigenvalue weighted by Gasteiger charge is -2.38. The Bertz CT molecular complexity index is 458. The molecule has 4 heteroatoms. The van der Waals surface area contributed by atoms with Crippen molar-refractivity contribution < 1.29 is 17.6 Å². The molecule has 0 heterocycles. The zero-order chi connectivity index (χ0) is 23.2. The minimum atomic E-state index is -1.76. The first-order valence-electron chi connectivity index (χ1n) is 12.4. The van der Waals surface area contributed by atoms with Gasteiger partial charge in [0.25, 0.3) is 0 Å². The van der Waals surface area contributed by atoms with Crippen LogP contribution in [0.3, 0.4) is 0 Å². The van der Waals surface area contributed by atoms with E-state index in [1.54, 1.807) is 20.8 Å². The number of hydrogen-bond donors (Lipinski definition) is 0. The molecule has 0 bridgehead atoms. The van der Waals surface area contributed by atoms with E-state index in [0.29, 0.717) is 11.8 Å². The standard InChI is InChI=1S/C26H48F4/c1-15(2)9-10-17(5)21-11-13-22(14-12-21)20(8)26(30)25(29)19(7)18(6)24(28)23(27)16(3)4/h15-26H,9-14H2,1-8H3. The van der Waals surface area contributed by atoms with Gasteiger partial charge >= 0.3 is 0 Å². The second kappa shape index (κ2) is 12.7. The molecule has 0 saturated heterocycles. The summed E-state index contributed by atoms with van der Waals surface area (Å²) in [6, 6.07) is 0. The minimum Gasteiger partial charge on any atom is -0.244 e. The number of hydrogen-bond acceptors (Lipinski definition) is 0. The summed E-state index contributed by atoms with van der Waals surface area (Å²) in [7, 11) is 0. The second-order valence-electron chi connectivity index (χ2n) is 11.2. The van der Waals surface area contributed by atoms with Crippen LogP contribution in [0.2, 0.25) is 0 Å². The van der Waals surface area contributed by atoms with E-state index in [9.17, 15) is 13.2 Å². The highest BCUT2D eigenvalue weighted by Crippen LogP contribution is 2.42. The van der Waals surface area contributed by atoms with E-state index in [-0.39, 0.29) is 11.8 Å². The summed E-state index contributed by atoms with van der Waals surface area (Å²) < 4.78 is 58.6. The van der Waals surface area contributed by atoms with Crippen LogP contribution in [0.1, 0.15) is 93.9 Å². The van der Waals surface area contributed by atoms with Crippen LogP contribution in [-0.2, 0) is 0 Å². The smallest absolute Gasteiger partial charge is 0.134 e. The third kappa shape index (κ3) is 7.69. The van der Waals surface area contributed by atoms with Crippen LogP contribution in [0, 0.1) is 47.3 Å². The van der Waals surface area contributed by atoms with Crippen molar-refractivity contribution >= 4 is 0 Å². The molecule has 8 unspecified atom stereocenters. The quantitative estimate of drug-likeness (QED) is 0.268. The predicted molar refractivity (Wildman–Crippen MR) is 121 cm³/mol. The molecule has 8 atom stereocenters. The molecule has 0 aromatic heterocycles. The average Bonchev–Trinajstić information content (AvgIpc) is 2.73. The number of rotatable bonds is 12. The van der Waals surface area contributed by atoms with Crippen LogP contribution in [-0.4, -0.2) is 24.7 Å².